The molecule has 0 radical (unpaired) electrons. The van der Waals surface area contributed by atoms with Crippen LogP contribution in [0.4, 0.5) is 8.78 Å². The third-order valence-corrected chi connectivity index (χ3v) is 5.53. The van der Waals surface area contributed by atoms with E-state index in [9.17, 15) is 13.6 Å². The molecule has 0 aliphatic heterocycles. The first-order valence-corrected chi connectivity index (χ1v) is 8.74. The second-order valence-electron chi connectivity index (χ2n) is 7.21. The monoisotopic (exact) mass is 338 g/mol. The van der Waals surface area contributed by atoms with Crippen molar-refractivity contribution >= 4 is 5.91 Å². The van der Waals surface area contributed by atoms with Crippen LogP contribution in [0.25, 0.3) is 0 Å². The molecule has 1 aromatic carbocycles. The predicted molar refractivity (Wildman–Crippen MR) is 91.5 cm³/mol. The van der Waals surface area contributed by atoms with Gasteiger partial charge in [0, 0.05) is 12.1 Å². The van der Waals surface area contributed by atoms with Crippen LogP contribution in [-0.4, -0.2) is 30.4 Å². The third-order valence-electron chi connectivity index (χ3n) is 5.53. The minimum absolute atomic E-state index is 0.0158. The third kappa shape index (κ3) is 4.53. The first-order chi connectivity index (χ1) is 11.3. The van der Waals surface area contributed by atoms with Crippen LogP contribution >= 0.6 is 0 Å². The zero-order chi connectivity index (χ0) is 17.9. The number of nitrogens with one attached hydrogen (secondary N) is 1. The van der Waals surface area contributed by atoms with E-state index in [2.05, 4.69) is 19.2 Å². The zero-order valence-corrected chi connectivity index (χ0v) is 15.0. The molecule has 1 aromatic rings. The topological polar surface area (TPSA) is 32.3 Å². The summed E-state index contributed by atoms with van der Waals surface area (Å²) in [5.74, 6) is -0.619. The van der Waals surface area contributed by atoms with Crippen molar-refractivity contribution in [3.63, 3.8) is 0 Å². The summed E-state index contributed by atoms with van der Waals surface area (Å²) in [6, 6.07) is 3.93. The summed E-state index contributed by atoms with van der Waals surface area (Å²) in [5, 5.41) is 3.14. The van der Waals surface area contributed by atoms with Gasteiger partial charge in [0.25, 0.3) is 0 Å². The maximum Gasteiger partial charge on any atom is 0.234 e. The molecular formula is C19H28F2N2O. The van der Waals surface area contributed by atoms with Gasteiger partial charge in [-0.25, -0.2) is 8.78 Å². The standard InChI is InChI=1S/C19H28F2N2O/c1-12-6-5-7-18(13(12)2)22-19(24)11-23(4)14(3)15-8-9-16(20)17(21)10-15/h8-10,12-14,18H,5-7,11H2,1-4H3,(H,22,24). The number of hydrogen-bond donors (Lipinski definition) is 1. The van der Waals surface area contributed by atoms with Crippen molar-refractivity contribution in [2.24, 2.45) is 11.8 Å². The van der Waals surface area contributed by atoms with Gasteiger partial charge in [0.15, 0.2) is 11.6 Å². The molecule has 0 spiro atoms. The van der Waals surface area contributed by atoms with Gasteiger partial charge in [-0.3, -0.25) is 9.69 Å². The van der Waals surface area contributed by atoms with E-state index in [4.69, 9.17) is 0 Å². The maximum atomic E-state index is 13.4. The fourth-order valence-electron chi connectivity index (χ4n) is 3.43. The fraction of sp³-hybridized carbons (Fsp3) is 0.632. The van der Waals surface area contributed by atoms with E-state index in [1.807, 2.05) is 18.9 Å². The second kappa shape index (κ2) is 8.06. The lowest BCUT2D eigenvalue weighted by molar-refractivity contribution is -0.123. The summed E-state index contributed by atoms with van der Waals surface area (Å²) in [6.07, 6.45) is 3.40. The Kier molecular flexibility index (Phi) is 6.33. The number of carbonyl (C=O) groups excluding carboxylic acids is 1. The van der Waals surface area contributed by atoms with E-state index >= 15 is 0 Å². The normalized spacial score (nSPS) is 25.5. The van der Waals surface area contributed by atoms with Crippen molar-refractivity contribution in [3.05, 3.63) is 35.4 Å². The summed E-state index contributed by atoms with van der Waals surface area (Å²) in [6.45, 7) is 6.55. The lowest BCUT2D eigenvalue weighted by Gasteiger charge is -2.35. The Bertz CT molecular complexity index is 578. The highest BCUT2D eigenvalue weighted by molar-refractivity contribution is 5.78. The molecule has 1 aliphatic rings. The molecule has 0 bridgehead atoms. The molecule has 24 heavy (non-hydrogen) atoms. The Balaban J connectivity index is 1.91. The highest BCUT2D eigenvalue weighted by Gasteiger charge is 2.28. The molecule has 1 amide bonds. The van der Waals surface area contributed by atoms with Crippen LogP contribution < -0.4 is 5.32 Å². The van der Waals surface area contributed by atoms with Crippen molar-refractivity contribution < 1.29 is 13.6 Å². The molecule has 0 aromatic heterocycles. The number of halogens is 2. The minimum Gasteiger partial charge on any atom is -0.352 e. The van der Waals surface area contributed by atoms with Crippen LogP contribution in [0.5, 0.6) is 0 Å². The van der Waals surface area contributed by atoms with Gasteiger partial charge in [0.05, 0.1) is 6.54 Å². The van der Waals surface area contributed by atoms with Gasteiger partial charge >= 0.3 is 0 Å². The van der Waals surface area contributed by atoms with Gasteiger partial charge in [-0.05, 0) is 49.9 Å². The number of carbonyl (C=O) groups is 1. The average molecular weight is 338 g/mol. The van der Waals surface area contributed by atoms with Crippen molar-refractivity contribution in [2.75, 3.05) is 13.6 Å². The average Bonchev–Trinajstić information content (AvgIpc) is 2.53. The molecule has 1 saturated carbocycles. The molecule has 3 nitrogen and oxygen atoms in total. The molecule has 4 unspecified atom stereocenters. The van der Waals surface area contributed by atoms with Gasteiger partial charge in [-0.2, -0.15) is 0 Å². The Labute approximate surface area is 143 Å². The van der Waals surface area contributed by atoms with E-state index in [1.165, 1.54) is 12.5 Å². The highest BCUT2D eigenvalue weighted by atomic mass is 19.2. The SMILES string of the molecule is CC1CCCC(NC(=O)CN(C)C(C)c2ccc(F)c(F)c2)C1C. The summed E-state index contributed by atoms with van der Waals surface area (Å²) >= 11 is 0. The molecule has 0 saturated heterocycles. The second-order valence-corrected chi connectivity index (χ2v) is 7.21. The van der Waals surface area contributed by atoms with Crippen LogP contribution in [-0.2, 0) is 4.79 Å². The quantitative estimate of drug-likeness (QED) is 0.883. The summed E-state index contributed by atoms with van der Waals surface area (Å²) in [7, 11) is 1.82. The Hall–Kier alpha value is -1.49. The van der Waals surface area contributed by atoms with Crippen LogP contribution in [0.3, 0.4) is 0 Å². The lowest BCUT2D eigenvalue weighted by Crippen LogP contribution is -2.47. The molecule has 1 fully saturated rings. The highest BCUT2D eigenvalue weighted by Crippen LogP contribution is 2.29. The van der Waals surface area contributed by atoms with E-state index < -0.39 is 11.6 Å². The number of likely N-dealkylation sites (N-methyl/N-ethyl adjacent to an activating group) is 1. The fourth-order valence-corrected chi connectivity index (χ4v) is 3.43. The van der Waals surface area contributed by atoms with Crippen molar-refractivity contribution in [2.45, 2.75) is 52.1 Å². The number of hydrogen-bond acceptors (Lipinski definition) is 2. The van der Waals surface area contributed by atoms with Gasteiger partial charge in [0.1, 0.15) is 0 Å². The Morgan fingerprint density at radius 3 is 2.67 bits per heavy atom. The molecule has 134 valence electrons. The number of nitrogens with zero attached hydrogens (tertiary/aromatic N) is 1. The first kappa shape index (κ1) is 18.8. The molecule has 4 atom stereocenters. The van der Waals surface area contributed by atoms with Gasteiger partial charge in [0.2, 0.25) is 5.91 Å². The molecule has 1 aliphatic carbocycles. The molecule has 5 heteroatoms. The van der Waals surface area contributed by atoms with E-state index in [0.29, 0.717) is 17.4 Å². The predicted octanol–water partition coefficient (Wildman–Crippen LogP) is 3.90. The van der Waals surface area contributed by atoms with Gasteiger partial charge in [-0.15, -0.1) is 0 Å². The smallest absolute Gasteiger partial charge is 0.234 e. The van der Waals surface area contributed by atoms with E-state index in [0.717, 1.165) is 18.9 Å². The minimum atomic E-state index is -0.859. The lowest BCUT2D eigenvalue weighted by atomic mass is 9.78. The summed E-state index contributed by atoms with van der Waals surface area (Å²) < 4.78 is 26.4. The van der Waals surface area contributed by atoms with Crippen molar-refractivity contribution in [1.29, 1.82) is 0 Å². The van der Waals surface area contributed by atoms with Crippen LogP contribution in [0.15, 0.2) is 18.2 Å². The van der Waals surface area contributed by atoms with Gasteiger partial charge in [-0.1, -0.05) is 32.8 Å². The van der Waals surface area contributed by atoms with Gasteiger partial charge < -0.3 is 5.32 Å². The van der Waals surface area contributed by atoms with E-state index in [1.54, 1.807) is 6.07 Å². The molecule has 2 rings (SSSR count). The number of benzene rings is 1. The molecule has 1 N–H and O–H groups in total. The zero-order valence-electron chi connectivity index (χ0n) is 15.0. The number of amides is 1. The van der Waals surface area contributed by atoms with E-state index in [-0.39, 0.29) is 24.5 Å². The van der Waals surface area contributed by atoms with Crippen molar-refractivity contribution in [1.82, 2.24) is 10.2 Å². The van der Waals surface area contributed by atoms with Crippen LogP contribution in [0.1, 0.15) is 51.6 Å². The Morgan fingerprint density at radius 2 is 2.00 bits per heavy atom. The largest absolute Gasteiger partial charge is 0.352 e. The van der Waals surface area contributed by atoms with Crippen LogP contribution in [0, 0.1) is 23.5 Å². The summed E-state index contributed by atoms with van der Waals surface area (Å²) in [5.41, 5.74) is 0.656. The van der Waals surface area contributed by atoms with Crippen LogP contribution in [0.2, 0.25) is 0 Å². The number of rotatable bonds is 5. The maximum absolute atomic E-state index is 13.4. The molecule has 0 heterocycles. The Morgan fingerprint density at radius 1 is 1.29 bits per heavy atom. The van der Waals surface area contributed by atoms with Crippen molar-refractivity contribution in [3.8, 4) is 0 Å². The summed E-state index contributed by atoms with van der Waals surface area (Å²) in [4.78, 5) is 14.2. The first-order valence-electron chi connectivity index (χ1n) is 8.74. The molecular weight excluding hydrogens is 310 g/mol.